The molecule has 2 aromatic rings. The number of fused-ring (bicyclic) bond motifs is 1. The minimum Gasteiger partial charge on any atom is -0.380 e. The number of sulfonamides is 1. The van der Waals surface area contributed by atoms with E-state index in [-0.39, 0.29) is 29.2 Å². The molecule has 1 aliphatic carbocycles. The second-order valence-electron chi connectivity index (χ2n) is 9.84. The molecule has 1 fully saturated rings. The Balaban J connectivity index is 1.43. The Morgan fingerprint density at radius 3 is 2.59 bits per heavy atom. The van der Waals surface area contributed by atoms with Gasteiger partial charge >= 0.3 is 0 Å². The molecule has 8 nitrogen and oxygen atoms in total. The zero-order valence-electron chi connectivity index (χ0n) is 21.3. The lowest BCUT2D eigenvalue weighted by atomic mass is 9.94. The van der Waals surface area contributed by atoms with Gasteiger partial charge < -0.3 is 10.2 Å². The topological polar surface area (TPSA) is 108 Å². The second-order valence-corrected chi connectivity index (χ2v) is 11.9. The van der Waals surface area contributed by atoms with Crippen LogP contribution < -0.4 is 15.6 Å². The van der Waals surface area contributed by atoms with Crippen LogP contribution in [0, 0.1) is 5.92 Å². The number of hydrazine groups is 1. The maximum atomic E-state index is 13.0. The highest BCUT2D eigenvalue weighted by Crippen LogP contribution is 2.33. The average molecular weight is 547 g/mol. The first-order valence-corrected chi connectivity index (χ1v) is 14.8. The predicted octanol–water partition coefficient (Wildman–Crippen LogP) is 4.64. The summed E-state index contributed by atoms with van der Waals surface area (Å²) in [5, 5.41) is 3.55. The molecule has 37 heavy (non-hydrogen) atoms. The van der Waals surface area contributed by atoms with Crippen LogP contribution in [-0.4, -0.2) is 37.7 Å². The molecule has 2 amide bonds. The summed E-state index contributed by atoms with van der Waals surface area (Å²) in [5.74, 6) is 0.299. The monoisotopic (exact) mass is 546 g/mol. The van der Waals surface area contributed by atoms with Crippen molar-refractivity contribution in [3.8, 4) is 0 Å². The summed E-state index contributed by atoms with van der Waals surface area (Å²) in [6.45, 7) is 5.25. The summed E-state index contributed by atoms with van der Waals surface area (Å²) in [7, 11) is -4.02. The molecular formula is C27H35ClN4O4S. The SMILES string of the molecule is CCC(CC)N1CCc2cc(CNc3cc(Cl)ccc3S(=O)(=O)NNC(=O)CCC3CC3)ccc2C1=O. The van der Waals surface area contributed by atoms with E-state index in [1.807, 2.05) is 23.1 Å². The number of anilines is 1. The second kappa shape index (κ2) is 11.8. The highest BCUT2D eigenvalue weighted by atomic mass is 35.5. The van der Waals surface area contributed by atoms with Crippen LogP contribution in [0.2, 0.25) is 5.02 Å². The van der Waals surface area contributed by atoms with Crippen molar-refractivity contribution in [2.45, 2.75) is 76.3 Å². The number of nitrogens with one attached hydrogen (secondary N) is 3. The van der Waals surface area contributed by atoms with Crippen molar-refractivity contribution in [3.63, 3.8) is 0 Å². The molecule has 0 bridgehead atoms. The number of carbonyl (C=O) groups is 2. The molecule has 3 N–H and O–H groups in total. The number of rotatable bonds is 12. The van der Waals surface area contributed by atoms with Crippen molar-refractivity contribution in [1.82, 2.24) is 15.2 Å². The third-order valence-corrected chi connectivity index (χ3v) is 8.72. The highest BCUT2D eigenvalue weighted by molar-refractivity contribution is 7.89. The van der Waals surface area contributed by atoms with Crippen molar-refractivity contribution < 1.29 is 18.0 Å². The Bertz CT molecular complexity index is 1260. The van der Waals surface area contributed by atoms with E-state index in [4.69, 9.17) is 11.6 Å². The van der Waals surface area contributed by atoms with Gasteiger partial charge in [-0.3, -0.25) is 15.0 Å². The summed E-state index contributed by atoms with van der Waals surface area (Å²) in [6.07, 6.45) is 5.98. The van der Waals surface area contributed by atoms with Crippen molar-refractivity contribution in [2.75, 3.05) is 11.9 Å². The fourth-order valence-electron chi connectivity index (χ4n) is 4.80. The largest absolute Gasteiger partial charge is 0.380 e. The van der Waals surface area contributed by atoms with E-state index < -0.39 is 10.0 Å². The lowest BCUT2D eigenvalue weighted by molar-refractivity contribution is -0.121. The number of halogens is 1. The Morgan fingerprint density at radius 2 is 1.89 bits per heavy atom. The number of hydrogen-bond donors (Lipinski definition) is 3. The van der Waals surface area contributed by atoms with Crippen LogP contribution in [0.1, 0.15) is 73.9 Å². The van der Waals surface area contributed by atoms with Gasteiger partial charge in [-0.15, -0.1) is 4.83 Å². The molecule has 0 atom stereocenters. The normalized spacial score (nSPS) is 15.6. The van der Waals surface area contributed by atoms with Gasteiger partial charge in [0.15, 0.2) is 0 Å². The van der Waals surface area contributed by atoms with Crippen molar-refractivity contribution in [1.29, 1.82) is 0 Å². The molecule has 4 rings (SSSR count). The molecular weight excluding hydrogens is 512 g/mol. The molecule has 10 heteroatoms. The zero-order valence-corrected chi connectivity index (χ0v) is 22.9. The van der Waals surface area contributed by atoms with E-state index in [0.29, 0.717) is 29.7 Å². The van der Waals surface area contributed by atoms with E-state index in [2.05, 4.69) is 29.4 Å². The zero-order chi connectivity index (χ0) is 26.6. The predicted molar refractivity (Wildman–Crippen MR) is 145 cm³/mol. The van der Waals surface area contributed by atoms with Crippen LogP contribution in [0.25, 0.3) is 0 Å². The number of amides is 2. The van der Waals surface area contributed by atoms with Gasteiger partial charge in [-0.05, 0) is 67.0 Å². The van der Waals surface area contributed by atoms with Crippen LogP contribution in [0.5, 0.6) is 0 Å². The molecule has 0 spiro atoms. The molecule has 1 aliphatic heterocycles. The molecule has 200 valence electrons. The lowest BCUT2D eigenvalue weighted by Gasteiger charge is -2.35. The molecule has 0 aromatic heterocycles. The minimum absolute atomic E-state index is 0.0201. The summed E-state index contributed by atoms with van der Waals surface area (Å²) >= 11 is 6.16. The molecule has 0 radical (unpaired) electrons. The van der Waals surface area contributed by atoms with Gasteiger partial charge in [-0.25, -0.2) is 8.42 Å². The minimum atomic E-state index is -4.02. The van der Waals surface area contributed by atoms with E-state index in [0.717, 1.165) is 55.2 Å². The van der Waals surface area contributed by atoms with Gasteiger partial charge in [0.2, 0.25) is 5.91 Å². The summed E-state index contributed by atoms with van der Waals surface area (Å²) in [4.78, 5) is 29.2. The fraction of sp³-hybridized carbons (Fsp3) is 0.481. The third-order valence-electron chi connectivity index (χ3n) is 7.18. The van der Waals surface area contributed by atoms with Crippen molar-refractivity contribution in [3.05, 3.63) is 58.1 Å². The third kappa shape index (κ3) is 6.83. The Labute approximate surface area is 224 Å². The van der Waals surface area contributed by atoms with Gasteiger partial charge in [0.25, 0.3) is 15.9 Å². The van der Waals surface area contributed by atoms with Crippen LogP contribution in [0.4, 0.5) is 5.69 Å². The molecule has 2 aliphatic rings. The number of carbonyl (C=O) groups excluding carboxylic acids is 2. The van der Waals surface area contributed by atoms with E-state index in [9.17, 15) is 18.0 Å². The highest BCUT2D eigenvalue weighted by Gasteiger charge is 2.28. The standard InChI is InChI=1S/C27H35ClN4O4S/c1-3-22(4-2)32-14-13-20-15-19(7-10-23(20)27(32)34)17-29-24-16-21(28)9-11-25(24)37(35,36)31-30-26(33)12-8-18-5-6-18/h7,9-11,15-16,18,22,29,31H,3-6,8,12-14,17H2,1-2H3,(H,30,33). The number of nitrogens with zero attached hydrogens (tertiary/aromatic N) is 1. The Morgan fingerprint density at radius 1 is 1.14 bits per heavy atom. The molecule has 1 heterocycles. The maximum absolute atomic E-state index is 13.0. The smallest absolute Gasteiger partial charge is 0.259 e. The lowest BCUT2D eigenvalue weighted by Crippen LogP contribution is -2.44. The average Bonchev–Trinajstić information content (AvgIpc) is 3.71. The van der Waals surface area contributed by atoms with E-state index in [1.54, 1.807) is 6.07 Å². The van der Waals surface area contributed by atoms with Gasteiger partial charge in [0.1, 0.15) is 4.90 Å². The van der Waals surface area contributed by atoms with Crippen LogP contribution >= 0.6 is 11.6 Å². The van der Waals surface area contributed by atoms with Gasteiger partial charge in [-0.2, -0.15) is 0 Å². The quantitative estimate of drug-likeness (QED) is 0.336. The number of hydrogen-bond acceptors (Lipinski definition) is 5. The molecule has 0 saturated heterocycles. The first-order valence-electron chi connectivity index (χ1n) is 13.0. The summed E-state index contributed by atoms with van der Waals surface area (Å²) in [6, 6.07) is 10.4. The molecule has 1 saturated carbocycles. The van der Waals surface area contributed by atoms with Gasteiger partial charge in [0.05, 0.1) is 5.69 Å². The summed E-state index contributed by atoms with van der Waals surface area (Å²) < 4.78 is 25.9. The molecule has 2 aromatic carbocycles. The van der Waals surface area contributed by atoms with E-state index in [1.165, 1.54) is 12.1 Å². The Hall–Kier alpha value is -2.62. The van der Waals surface area contributed by atoms with Crippen LogP contribution in [0.3, 0.4) is 0 Å². The van der Waals surface area contributed by atoms with Crippen molar-refractivity contribution >= 4 is 39.1 Å². The first-order chi connectivity index (χ1) is 17.7. The molecule has 0 unspecified atom stereocenters. The summed E-state index contributed by atoms with van der Waals surface area (Å²) in [5.41, 5.74) is 5.28. The maximum Gasteiger partial charge on any atom is 0.259 e. The van der Waals surface area contributed by atoms with Gasteiger partial charge in [-0.1, -0.05) is 50.4 Å². The van der Waals surface area contributed by atoms with E-state index >= 15 is 0 Å². The van der Waals surface area contributed by atoms with Crippen molar-refractivity contribution in [2.24, 2.45) is 5.92 Å². The van der Waals surface area contributed by atoms with Crippen LogP contribution in [-0.2, 0) is 27.8 Å². The fourth-order valence-corrected chi connectivity index (χ4v) is 6.00. The Kier molecular flexibility index (Phi) is 8.77. The first kappa shape index (κ1) is 27.4. The number of benzene rings is 2. The van der Waals surface area contributed by atoms with Crippen LogP contribution in [0.15, 0.2) is 41.3 Å². The van der Waals surface area contributed by atoms with Gasteiger partial charge in [0, 0.05) is 36.1 Å².